The highest BCUT2D eigenvalue weighted by Gasteiger charge is 2.60. The Balaban J connectivity index is 1.37. The topological polar surface area (TPSA) is 92.0 Å². The summed E-state index contributed by atoms with van der Waals surface area (Å²) < 4.78 is 68.3. The lowest BCUT2D eigenvalue weighted by molar-refractivity contribution is 0.00578. The van der Waals surface area contributed by atoms with Gasteiger partial charge in [-0.05, 0) is 83.2 Å². The van der Waals surface area contributed by atoms with Gasteiger partial charge in [-0.2, -0.15) is 4.36 Å². The summed E-state index contributed by atoms with van der Waals surface area (Å²) >= 11 is 6.69. The average molecular weight is 646 g/mol. The maximum Gasteiger partial charge on any atom is 0.461 e. The van der Waals surface area contributed by atoms with Crippen molar-refractivity contribution in [3.63, 3.8) is 0 Å². The maximum absolute atomic E-state index is 16.4. The molecule has 0 spiro atoms. The number of halogens is 3. The summed E-state index contributed by atoms with van der Waals surface area (Å²) in [5.74, 6) is -1.36. The lowest BCUT2D eigenvalue weighted by atomic mass is 9.79. The molecule has 2 saturated heterocycles. The number of ether oxygens (including phenoxy) is 1. The summed E-state index contributed by atoms with van der Waals surface area (Å²) in [6.07, 6.45) is 2.13. The van der Waals surface area contributed by atoms with Gasteiger partial charge in [0.1, 0.15) is 16.4 Å². The molecule has 3 aliphatic rings. The number of benzene rings is 1. The number of hydrogen-bond acceptors (Lipinski definition) is 7. The smallest absolute Gasteiger partial charge is 0.403 e. The first-order valence-electron chi connectivity index (χ1n) is 14.7. The number of hydrogen-bond donors (Lipinski definition) is 0. The van der Waals surface area contributed by atoms with Crippen molar-refractivity contribution < 1.29 is 27.0 Å². The molecule has 6 rings (SSSR count). The first-order chi connectivity index (χ1) is 20.6. The summed E-state index contributed by atoms with van der Waals surface area (Å²) in [7, 11) is -3.13. The van der Waals surface area contributed by atoms with Gasteiger partial charge in [0.2, 0.25) is 0 Å². The van der Waals surface area contributed by atoms with Gasteiger partial charge in [-0.25, -0.2) is 13.0 Å². The quantitative estimate of drug-likeness (QED) is 0.293. The third-order valence-corrected chi connectivity index (χ3v) is 11.7. The van der Waals surface area contributed by atoms with Crippen LogP contribution < -0.4 is 5.56 Å². The van der Waals surface area contributed by atoms with Crippen molar-refractivity contribution in [2.45, 2.75) is 70.9 Å². The van der Waals surface area contributed by atoms with Crippen LogP contribution in [0.5, 0.6) is 0 Å². The van der Waals surface area contributed by atoms with E-state index in [4.69, 9.17) is 25.6 Å². The van der Waals surface area contributed by atoms with E-state index in [2.05, 4.69) is 9.35 Å². The molecule has 2 aromatic heterocycles. The van der Waals surface area contributed by atoms with E-state index in [1.54, 1.807) is 19.9 Å². The van der Waals surface area contributed by atoms with Gasteiger partial charge in [0.15, 0.2) is 11.6 Å². The Kier molecular flexibility index (Phi) is 7.85. The van der Waals surface area contributed by atoms with Crippen molar-refractivity contribution in [3.05, 3.63) is 74.3 Å². The van der Waals surface area contributed by atoms with Crippen LogP contribution in [-0.4, -0.2) is 56.8 Å². The third kappa shape index (κ3) is 5.32. The molecule has 3 fully saturated rings. The Morgan fingerprint density at radius 1 is 1.09 bits per heavy atom. The highest BCUT2D eigenvalue weighted by molar-refractivity contribution is 7.93. The molecule has 2 atom stereocenters. The summed E-state index contributed by atoms with van der Waals surface area (Å²) in [6, 6.07) is 6.08. The Morgan fingerprint density at radius 3 is 2.41 bits per heavy atom. The Labute approximate surface area is 261 Å². The van der Waals surface area contributed by atoms with Crippen molar-refractivity contribution in [3.8, 4) is 16.9 Å². The predicted octanol–water partition coefficient (Wildman–Crippen LogP) is 6.53. The van der Waals surface area contributed by atoms with Crippen molar-refractivity contribution in [2.75, 3.05) is 24.7 Å². The van der Waals surface area contributed by atoms with Crippen molar-refractivity contribution in [2.24, 2.45) is 4.36 Å². The van der Waals surface area contributed by atoms with Crippen LogP contribution in [0.2, 0.25) is 10.8 Å². The van der Waals surface area contributed by atoms with E-state index in [1.807, 2.05) is 27.7 Å². The second-order valence-corrected chi connectivity index (χ2v) is 15.7. The molecule has 2 aliphatic heterocycles. The molecule has 0 bridgehead atoms. The van der Waals surface area contributed by atoms with Crippen LogP contribution in [0.15, 0.2) is 39.6 Å². The molecule has 3 aromatic rings. The standard InChI is InChI=1S/C31H35BClF2N3O5S/c1-17-16-36-27(19-8-7-9-23(25(19)34)37-44(40)12-10-41-11-13-44)26(35)28(17)38-18(2)14-21(24(33)29(38)39)20-15-22(20)32-42-30(3,4)31(5,6)43-32/h7-9,14,16,20,22H,10-13,15H2,1-6H3/t20-,22+/m1/s1. The highest BCUT2D eigenvalue weighted by Crippen LogP contribution is 2.59. The van der Waals surface area contributed by atoms with Gasteiger partial charge in [0.05, 0.1) is 51.3 Å². The summed E-state index contributed by atoms with van der Waals surface area (Å²) in [4.78, 5) is 17.9. The fraction of sp³-hybridized carbons (Fsp3) is 0.484. The molecule has 0 amide bonds. The van der Waals surface area contributed by atoms with Crippen LogP contribution in [0.4, 0.5) is 14.5 Å². The van der Waals surface area contributed by atoms with Crippen LogP contribution in [0.25, 0.3) is 16.9 Å². The van der Waals surface area contributed by atoms with Gasteiger partial charge < -0.3 is 14.0 Å². The first kappa shape index (κ1) is 31.4. The molecule has 4 heterocycles. The second-order valence-electron chi connectivity index (χ2n) is 12.8. The molecule has 1 aromatic carbocycles. The van der Waals surface area contributed by atoms with Crippen molar-refractivity contribution in [1.29, 1.82) is 0 Å². The van der Waals surface area contributed by atoms with Crippen molar-refractivity contribution >= 4 is 34.1 Å². The van der Waals surface area contributed by atoms with E-state index in [0.29, 0.717) is 16.8 Å². The number of rotatable bonds is 5. The second kappa shape index (κ2) is 11.0. The normalized spacial score (nSPS) is 23.5. The van der Waals surface area contributed by atoms with Gasteiger partial charge in [-0.3, -0.25) is 14.3 Å². The van der Waals surface area contributed by atoms with Crippen LogP contribution in [0, 0.1) is 25.5 Å². The number of nitrogens with zero attached hydrogens (tertiary/aromatic N) is 3. The zero-order chi connectivity index (χ0) is 31.8. The molecule has 13 heteroatoms. The van der Waals surface area contributed by atoms with E-state index in [-0.39, 0.29) is 64.1 Å². The highest BCUT2D eigenvalue weighted by atomic mass is 35.5. The van der Waals surface area contributed by atoms with Crippen molar-refractivity contribution in [1.82, 2.24) is 9.55 Å². The molecule has 44 heavy (non-hydrogen) atoms. The van der Waals surface area contributed by atoms with Gasteiger partial charge >= 0.3 is 7.12 Å². The Hall–Kier alpha value is -2.64. The van der Waals surface area contributed by atoms with E-state index in [0.717, 1.165) is 6.42 Å². The zero-order valence-corrected chi connectivity index (χ0v) is 27.2. The molecule has 0 unspecified atom stereocenters. The van der Waals surface area contributed by atoms with Crippen LogP contribution >= 0.6 is 11.6 Å². The van der Waals surface area contributed by atoms with E-state index in [1.165, 1.54) is 29.0 Å². The van der Waals surface area contributed by atoms with Crippen LogP contribution in [0.1, 0.15) is 56.9 Å². The lowest BCUT2D eigenvalue weighted by Gasteiger charge is -2.32. The molecular weight excluding hydrogens is 611 g/mol. The Morgan fingerprint density at radius 2 is 1.75 bits per heavy atom. The van der Waals surface area contributed by atoms with Gasteiger partial charge in [-0.1, -0.05) is 17.7 Å². The molecule has 8 nitrogen and oxygen atoms in total. The molecule has 0 N–H and O–H groups in total. The third-order valence-electron chi connectivity index (χ3n) is 9.21. The number of pyridine rings is 2. The van der Waals surface area contributed by atoms with Gasteiger partial charge in [-0.15, -0.1) is 0 Å². The van der Waals surface area contributed by atoms with E-state index in [9.17, 15) is 9.00 Å². The Bertz CT molecular complexity index is 1830. The van der Waals surface area contributed by atoms with Crippen LogP contribution in [0.3, 0.4) is 0 Å². The molecular formula is C31H35BClF2N3O5S. The van der Waals surface area contributed by atoms with Crippen LogP contribution in [-0.2, 0) is 23.8 Å². The van der Waals surface area contributed by atoms with Gasteiger partial charge in [0.25, 0.3) is 5.56 Å². The minimum atomic E-state index is -2.71. The molecule has 1 aliphatic carbocycles. The largest absolute Gasteiger partial charge is 0.461 e. The van der Waals surface area contributed by atoms with E-state index >= 15 is 8.78 Å². The minimum Gasteiger partial charge on any atom is -0.403 e. The van der Waals surface area contributed by atoms with Gasteiger partial charge in [0, 0.05) is 23.3 Å². The fourth-order valence-electron chi connectivity index (χ4n) is 5.87. The minimum absolute atomic E-state index is 0.0102. The molecule has 0 radical (unpaired) electrons. The summed E-state index contributed by atoms with van der Waals surface area (Å²) in [5.41, 5.74) is -0.688. The molecule has 234 valence electrons. The SMILES string of the molecule is Cc1cnc(-c2cccc(N=S3(=O)CCOCC3)c2F)c(F)c1-n1c(C)cc([C@H]2C[C@@H]2B2OC(C)(C)C(C)(C)O2)c(Cl)c1=O. The molecule has 1 saturated carbocycles. The maximum atomic E-state index is 16.4. The predicted molar refractivity (Wildman–Crippen MR) is 168 cm³/mol. The summed E-state index contributed by atoms with van der Waals surface area (Å²) in [5, 5.41) is -0.0102. The number of aromatic nitrogens is 2. The first-order valence-corrected chi connectivity index (χ1v) is 16.9. The van der Waals surface area contributed by atoms with E-state index < -0.39 is 45.2 Å². The monoisotopic (exact) mass is 645 g/mol. The fourth-order valence-corrected chi connectivity index (χ4v) is 7.79. The lowest BCUT2D eigenvalue weighted by Crippen LogP contribution is -2.41. The average Bonchev–Trinajstić information content (AvgIpc) is 3.70. The number of aryl methyl sites for hydroxylation is 2. The zero-order valence-electron chi connectivity index (χ0n) is 25.6. The summed E-state index contributed by atoms with van der Waals surface area (Å²) in [6.45, 7) is 11.8.